The van der Waals surface area contributed by atoms with Crippen LogP contribution in [0, 0.1) is 15.5 Å². The van der Waals surface area contributed by atoms with Gasteiger partial charge < -0.3 is 10.6 Å². The minimum atomic E-state index is -0.540. The van der Waals surface area contributed by atoms with E-state index in [9.17, 15) is 14.9 Å². The van der Waals surface area contributed by atoms with Gasteiger partial charge in [-0.05, 0) is 25.5 Å². The fourth-order valence-electron chi connectivity index (χ4n) is 1.72. The van der Waals surface area contributed by atoms with Crippen molar-refractivity contribution in [2.24, 2.45) is 5.41 Å². The highest BCUT2D eigenvalue weighted by atomic mass is 35.5. The maximum Gasteiger partial charge on any atom is 0.270 e. The Kier molecular flexibility index (Phi) is 5.47. The van der Waals surface area contributed by atoms with Crippen LogP contribution in [0.5, 0.6) is 0 Å². The standard InChI is InChI=1S/C13H18ClN3O3/c1-13(2,12(18)15-3)8-16-7-9-4-5-10(17(19)20)6-11(9)14/h4-6,16H,7-8H2,1-3H3,(H,15,18). The molecule has 110 valence electrons. The zero-order valence-corrected chi connectivity index (χ0v) is 12.5. The first-order valence-corrected chi connectivity index (χ1v) is 6.51. The van der Waals surface area contributed by atoms with Crippen LogP contribution in [0.4, 0.5) is 5.69 Å². The molecule has 0 spiro atoms. The van der Waals surface area contributed by atoms with E-state index in [1.54, 1.807) is 13.1 Å². The quantitative estimate of drug-likeness (QED) is 0.622. The Morgan fingerprint density at radius 3 is 2.60 bits per heavy atom. The van der Waals surface area contributed by atoms with Crippen LogP contribution >= 0.6 is 11.6 Å². The molecule has 0 heterocycles. The van der Waals surface area contributed by atoms with Gasteiger partial charge in [0.2, 0.25) is 5.91 Å². The normalized spacial score (nSPS) is 11.2. The highest BCUT2D eigenvalue weighted by molar-refractivity contribution is 6.31. The molecule has 0 saturated carbocycles. The van der Waals surface area contributed by atoms with E-state index in [4.69, 9.17) is 11.6 Å². The fourth-order valence-corrected chi connectivity index (χ4v) is 1.96. The maximum absolute atomic E-state index is 11.6. The third-order valence-electron chi connectivity index (χ3n) is 2.97. The van der Waals surface area contributed by atoms with Gasteiger partial charge in [0.1, 0.15) is 0 Å². The predicted molar refractivity (Wildman–Crippen MR) is 77.7 cm³/mol. The lowest BCUT2D eigenvalue weighted by Crippen LogP contribution is -2.41. The zero-order valence-electron chi connectivity index (χ0n) is 11.7. The number of nitrogens with one attached hydrogen (secondary N) is 2. The number of halogens is 1. The molecule has 0 atom stereocenters. The zero-order chi connectivity index (χ0) is 15.3. The van der Waals surface area contributed by atoms with E-state index in [1.807, 2.05) is 13.8 Å². The number of carbonyl (C=O) groups is 1. The molecule has 0 aliphatic rings. The summed E-state index contributed by atoms with van der Waals surface area (Å²) in [5, 5.41) is 16.7. The van der Waals surface area contributed by atoms with Crippen LogP contribution in [0.2, 0.25) is 5.02 Å². The van der Waals surface area contributed by atoms with Gasteiger partial charge in [-0.2, -0.15) is 0 Å². The Hall–Kier alpha value is -1.66. The minimum Gasteiger partial charge on any atom is -0.359 e. The van der Waals surface area contributed by atoms with Crippen molar-refractivity contribution in [1.82, 2.24) is 10.6 Å². The molecule has 1 amide bonds. The van der Waals surface area contributed by atoms with E-state index in [1.165, 1.54) is 12.1 Å². The first-order chi connectivity index (χ1) is 9.27. The molecule has 0 aliphatic carbocycles. The van der Waals surface area contributed by atoms with Gasteiger partial charge in [-0.25, -0.2) is 0 Å². The summed E-state index contributed by atoms with van der Waals surface area (Å²) in [7, 11) is 1.59. The number of hydrogen-bond donors (Lipinski definition) is 2. The summed E-state index contributed by atoms with van der Waals surface area (Å²) >= 11 is 5.99. The Labute approximate surface area is 122 Å². The van der Waals surface area contributed by atoms with Crippen LogP contribution in [-0.2, 0) is 11.3 Å². The third-order valence-corrected chi connectivity index (χ3v) is 3.32. The molecule has 1 aromatic carbocycles. The highest BCUT2D eigenvalue weighted by Crippen LogP contribution is 2.22. The summed E-state index contributed by atoms with van der Waals surface area (Å²) in [4.78, 5) is 21.7. The number of carbonyl (C=O) groups excluding carboxylic acids is 1. The van der Waals surface area contributed by atoms with E-state index in [2.05, 4.69) is 10.6 Å². The van der Waals surface area contributed by atoms with E-state index in [-0.39, 0.29) is 11.6 Å². The first-order valence-electron chi connectivity index (χ1n) is 6.13. The van der Waals surface area contributed by atoms with Crippen molar-refractivity contribution >= 4 is 23.2 Å². The fraction of sp³-hybridized carbons (Fsp3) is 0.462. The average Bonchev–Trinajstić information content (AvgIpc) is 2.39. The van der Waals surface area contributed by atoms with E-state index in [0.717, 1.165) is 5.56 Å². The first kappa shape index (κ1) is 16.4. The Morgan fingerprint density at radius 1 is 1.45 bits per heavy atom. The van der Waals surface area contributed by atoms with Crippen LogP contribution in [0.15, 0.2) is 18.2 Å². The molecule has 0 fully saturated rings. The molecule has 20 heavy (non-hydrogen) atoms. The van der Waals surface area contributed by atoms with Gasteiger partial charge in [-0.1, -0.05) is 11.6 Å². The lowest BCUT2D eigenvalue weighted by Gasteiger charge is -2.23. The molecular formula is C13H18ClN3O3. The topological polar surface area (TPSA) is 84.3 Å². The van der Waals surface area contributed by atoms with Gasteiger partial charge in [0.25, 0.3) is 5.69 Å². The lowest BCUT2D eigenvalue weighted by atomic mass is 9.92. The molecule has 1 rings (SSSR count). The van der Waals surface area contributed by atoms with Crippen LogP contribution < -0.4 is 10.6 Å². The van der Waals surface area contributed by atoms with Gasteiger partial charge in [0, 0.05) is 32.3 Å². The van der Waals surface area contributed by atoms with Crippen molar-refractivity contribution < 1.29 is 9.72 Å². The van der Waals surface area contributed by atoms with Crippen LogP contribution in [0.25, 0.3) is 0 Å². The number of amides is 1. The van der Waals surface area contributed by atoms with Crippen LogP contribution in [-0.4, -0.2) is 24.4 Å². The van der Waals surface area contributed by atoms with Crippen LogP contribution in [0.3, 0.4) is 0 Å². The van der Waals surface area contributed by atoms with Gasteiger partial charge in [0.05, 0.1) is 15.4 Å². The van der Waals surface area contributed by atoms with E-state index >= 15 is 0 Å². The molecule has 7 heteroatoms. The summed E-state index contributed by atoms with van der Waals surface area (Å²) < 4.78 is 0. The number of nitro groups is 1. The number of benzene rings is 1. The number of rotatable bonds is 6. The van der Waals surface area contributed by atoms with Crippen molar-refractivity contribution in [2.75, 3.05) is 13.6 Å². The summed E-state index contributed by atoms with van der Waals surface area (Å²) in [6.45, 7) is 4.57. The lowest BCUT2D eigenvalue weighted by molar-refractivity contribution is -0.384. The van der Waals surface area contributed by atoms with Gasteiger partial charge >= 0.3 is 0 Å². The molecule has 0 bridgehead atoms. The molecule has 0 aliphatic heterocycles. The third kappa shape index (κ3) is 4.18. The molecule has 2 N–H and O–H groups in total. The largest absolute Gasteiger partial charge is 0.359 e. The summed E-state index contributed by atoms with van der Waals surface area (Å²) in [5.74, 6) is -0.0557. The maximum atomic E-state index is 11.6. The molecule has 0 radical (unpaired) electrons. The second kappa shape index (κ2) is 6.67. The molecule has 1 aromatic rings. The van der Waals surface area contributed by atoms with Crippen molar-refractivity contribution in [3.05, 3.63) is 38.9 Å². The Bertz CT molecular complexity index is 518. The van der Waals surface area contributed by atoms with Gasteiger partial charge in [-0.15, -0.1) is 0 Å². The second-order valence-corrected chi connectivity index (χ2v) is 5.51. The predicted octanol–water partition coefficient (Wildman–Crippen LogP) is 2.11. The van der Waals surface area contributed by atoms with Crippen molar-refractivity contribution in [1.29, 1.82) is 0 Å². The minimum absolute atomic E-state index is 0.0376. The van der Waals surface area contributed by atoms with Crippen molar-refractivity contribution in [3.8, 4) is 0 Å². The number of nitro benzene ring substituents is 1. The summed E-state index contributed by atoms with van der Waals surface area (Å²) in [5.41, 5.74) is 0.177. The highest BCUT2D eigenvalue weighted by Gasteiger charge is 2.25. The van der Waals surface area contributed by atoms with Gasteiger partial charge in [-0.3, -0.25) is 14.9 Å². The average molecular weight is 300 g/mol. The molecule has 0 saturated heterocycles. The molecule has 6 nitrogen and oxygen atoms in total. The Morgan fingerprint density at radius 2 is 2.10 bits per heavy atom. The summed E-state index contributed by atoms with van der Waals surface area (Å²) in [6.07, 6.45) is 0. The van der Waals surface area contributed by atoms with Gasteiger partial charge in [0.15, 0.2) is 0 Å². The van der Waals surface area contributed by atoms with Crippen molar-refractivity contribution in [3.63, 3.8) is 0 Å². The number of hydrogen-bond acceptors (Lipinski definition) is 4. The number of nitrogens with zero attached hydrogens (tertiary/aromatic N) is 1. The smallest absolute Gasteiger partial charge is 0.270 e. The molecule has 0 aromatic heterocycles. The Balaban J connectivity index is 2.63. The number of non-ortho nitro benzene ring substituents is 1. The second-order valence-electron chi connectivity index (χ2n) is 5.10. The van der Waals surface area contributed by atoms with Crippen molar-refractivity contribution in [2.45, 2.75) is 20.4 Å². The molecular weight excluding hydrogens is 282 g/mol. The summed E-state index contributed by atoms with van der Waals surface area (Å²) in [6, 6.07) is 4.34. The van der Waals surface area contributed by atoms with E-state index < -0.39 is 10.3 Å². The SMILES string of the molecule is CNC(=O)C(C)(C)CNCc1ccc([N+](=O)[O-])cc1Cl. The molecule has 0 unspecified atom stereocenters. The van der Waals surface area contributed by atoms with E-state index in [0.29, 0.717) is 18.1 Å². The monoisotopic (exact) mass is 299 g/mol. The van der Waals surface area contributed by atoms with Crippen LogP contribution in [0.1, 0.15) is 19.4 Å².